The number of hydrogen-bond acceptors (Lipinski definition) is 2. The molecule has 0 aliphatic carbocycles. The van der Waals surface area contributed by atoms with E-state index < -0.39 is 11.5 Å². The summed E-state index contributed by atoms with van der Waals surface area (Å²) in [5.41, 5.74) is 2.75. The molecular formula is C18H24N2O3. The van der Waals surface area contributed by atoms with Gasteiger partial charge >= 0.3 is 5.97 Å². The van der Waals surface area contributed by atoms with Crippen LogP contribution >= 0.6 is 0 Å². The molecule has 0 saturated carbocycles. The van der Waals surface area contributed by atoms with Crippen LogP contribution < -0.4 is 5.32 Å². The first kappa shape index (κ1) is 17.1. The number of benzene rings is 1. The van der Waals surface area contributed by atoms with E-state index in [9.17, 15) is 9.59 Å². The predicted octanol–water partition coefficient (Wildman–Crippen LogP) is 3.03. The largest absolute Gasteiger partial charge is 0.481 e. The molecule has 0 aliphatic rings. The molecule has 0 atom stereocenters. The molecule has 0 spiro atoms. The van der Waals surface area contributed by atoms with Gasteiger partial charge in [0, 0.05) is 29.1 Å². The Kier molecular flexibility index (Phi) is 5.08. The Labute approximate surface area is 136 Å². The second-order valence-electron chi connectivity index (χ2n) is 6.51. The molecule has 2 aromatic rings. The van der Waals surface area contributed by atoms with Crippen molar-refractivity contribution in [2.45, 2.75) is 52.0 Å². The summed E-state index contributed by atoms with van der Waals surface area (Å²) in [4.78, 5) is 26.2. The summed E-state index contributed by atoms with van der Waals surface area (Å²) in [6.45, 7) is 5.80. The number of H-pyrrole nitrogens is 1. The maximum absolute atomic E-state index is 12.3. The lowest BCUT2D eigenvalue weighted by Crippen LogP contribution is -2.44. The number of carbonyl (C=O) groups excluding carboxylic acids is 1. The summed E-state index contributed by atoms with van der Waals surface area (Å²) >= 11 is 0. The quantitative estimate of drug-likeness (QED) is 0.734. The molecule has 0 fully saturated rings. The Hall–Kier alpha value is -2.30. The molecule has 5 nitrogen and oxygen atoms in total. The number of para-hydroxylation sites is 1. The molecule has 124 valence electrons. The first-order valence-corrected chi connectivity index (χ1v) is 7.93. The first-order valence-electron chi connectivity index (χ1n) is 7.93. The van der Waals surface area contributed by atoms with Crippen molar-refractivity contribution in [3.05, 3.63) is 35.5 Å². The van der Waals surface area contributed by atoms with Gasteiger partial charge in [-0.1, -0.05) is 25.1 Å². The standard InChI is InChI=1S/C18H24N2O3/c1-4-12-6-5-7-14-13(11-19-17(12)14)10-15(21)20-18(2,3)9-8-16(22)23/h5-7,11,19H,4,8-10H2,1-3H3,(H,20,21)(H,22,23). The van der Waals surface area contributed by atoms with Gasteiger partial charge < -0.3 is 15.4 Å². The van der Waals surface area contributed by atoms with Crippen LogP contribution in [0.1, 0.15) is 44.7 Å². The summed E-state index contributed by atoms with van der Waals surface area (Å²) in [6.07, 6.45) is 3.55. The minimum absolute atomic E-state index is 0.0419. The SMILES string of the molecule is CCc1cccc2c(CC(=O)NC(C)(C)CCC(=O)O)c[nH]c12. The van der Waals surface area contributed by atoms with Gasteiger partial charge in [-0.25, -0.2) is 0 Å². The smallest absolute Gasteiger partial charge is 0.303 e. The monoisotopic (exact) mass is 316 g/mol. The van der Waals surface area contributed by atoms with E-state index in [-0.39, 0.29) is 18.7 Å². The van der Waals surface area contributed by atoms with Crippen LogP contribution in [0.2, 0.25) is 0 Å². The number of hydrogen-bond donors (Lipinski definition) is 3. The summed E-state index contributed by atoms with van der Waals surface area (Å²) in [5, 5.41) is 12.8. The van der Waals surface area contributed by atoms with Gasteiger partial charge in [-0.3, -0.25) is 9.59 Å². The molecule has 1 aromatic carbocycles. The molecule has 0 unspecified atom stereocenters. The Morgan fingerprint density at radius 1 is 1.26 bits per heavy atom. The van der Waals surface area contributed by atoms with Crippen LogP contribution in [0.25, 0.3) is 10.9 Å². The molecule has 3 N–H and O–H groups in total. The van der Waals surface area contributed by atoms with Crippen molar-refractivity contribution in [3.8, 4) is 0 Å². The number of carbonyl (C=O) groups is 2. The number of amides is 1. The van der Waals surface area contributed by atoms with Crippen LogP contribution in [0, 0.1) is 0 Å². The molecule has 0 radical (unpaired) electrons. The zero-order valence-electron chi connectivity index (χ0n) is 13.9. The summed E-state index contributed by atoms with van der Waals surface area (Å²) < 4.78 is 0. The van der Waals surface area contributed by atoms with Crippen LogP contribution in [0.15, 0.2) is 24.4 Å². The molecule has 23 heavy (non-hydrogen) atoms. The second kappa shape index (κ2) is 6.86. The Morgan fingerprint density at radius 2 is 2.00 bits per heavy atom. The van der Waals surface area contributed by atoms with Gasteiger partial charge in [0.1, 0.15) is 0 Å². The molecule has 0 aliphatic heterocycles. The lowest BCUT2D eigenvalue weighted by atomic mass is 9.97. The van der Waals surface area contributed by atoms with Gasteiger partial charge in [-0.05, 0) is 37.8 Å². The van der Waals surface area contributed by atoms with Crippen molar-refractivity contribution in [2.75, 3.05) is 0 Å². The highest BCUT2D eigenvalue weighted by Crippen LogP contribution is 2.23. The first-order chi connectivity index (χ1) is 10.8. The lowest BCUT2D eigenvalue weighted by molar-refractivity contribution is -0.137. The number of fused-ring (bicyclic) bond motifs is 1. The number of aryl methyl sites for hydroxylation is 1. The Morgan fingerprint density at radius 3 is 2.65 bits per heavy atom. The third kappa shape index (κ3) is 4.34. The topological polar surface area (TPSA) is 82.2 Å². The average Bonchev–Trinajstić information content (AvgIpc) is 2.88. The Balaban J connectivity index is 2.07. The maximum Gasteiger partial charge on any atom is 0.303 e. The van der Waals surface area contributed by atoms with Crippen LogP contribution in [0.3, 0.4) is 0 Å². The molecule has 1 aromatic heterocycles. The zero-order chi connectivity index (χ0) is 17.0. The summed E-state index contributed by atoms with van der Waals surface area (Å²) in [7, 11) is 0. The van der Waals surface area contributed by atoms with E-state index in [4.69, 9.17) is 5.11 Å². The van der Waals surface area contributed by atoms with Gasteiger partial charge in [-0.2, -0.15) is 0 Å². The fourth-order valence-corrected chi connectivity index (χ4v) is 2.79. The van der Waals surface area contributed by atoms with Crippen molar-refractivity contribution in [1.29, 1.82) is 0 Å². The minimum atomic E-state index is -0.851. The van der Waals surface area contributed by atoms with E-state index in [0.717, 1.165) is 22.9 Å². The van der Waals surface area contributed by atoms with Crippen molar-refractivity contribution >= 4 is 22.8 Å². The van der Waals surface area contributed by atoms with E-state index >= 15 is 0 Å². The third-order valence-corrected chi connectivity index (χ3v) is 4.06. The van der Waals surface area contributed by atoms with Crippen LogP contribution in [0.4, 0.5) is 0 Å². The molecule has 0 saturated heterocycles. The van der Waals surface area contributed by atoms with Crippen molar-refractivity contribution in [2.24, 2.45) is 0 Å². The molecule has 0 bridgehead atoms. The van der Waals surface area contributed by atoms with Gasteiger partial charge in [0.05, 0.1) is 6.42 Å². The predicted molar refractivity (Wildman–Crippen MR) is 90.5 cm³/mol. The van der Waals surface area contributed by atoms with Gasteiger partial charge in [0.2, 0.25) is 5.91 Å². The van der Waals surface area contributed by atoms with Crippen LogP contribution in [-0.4, -0.2) is 27.5 Å². The van der Waals surface area contributed by atoms with E-state index in [1.807, 2.05) is 32.2 Å². The number of aromatic nitrogens is 1. The number of aliphatic carboxylic acids is 1. The van der Waals surface area contributed by atoms with E-state index in [0.29, 0.717) is 6.42 Å². The summed E-state index contributed by atoms with van der Waals surface area (Å²) in [6, 6.07) is 6.11. The summed E-state index contributed by atoms with van der Waals surface area (Å²) in [5.74, 6) is -0.945. The fraction of sp³-hybridized carbons (Fsp3) is 0.444. The highest BCUT2D eigenvalue weighted by atomic mass is 16.4. The number of rotatable bonds is 7. The van der Waals surface area contributed by atoms with Crippen LogP contribution in [0.5, 0.6) is 0 Å². The lowest BCUT2D eigenvalue weighted by Gasteiger charge is -2.25. The second-order valence-corrected chi connectivity index (χ2v) is 6.51. The fourth-order valence-electron chi connectivity index (χ4n) is 2.79. The average molecular weight is 316 g/mol. The van der Waals surface area contributed by atoms with Gasteiger partial charge in [-0.15, -0.1) is 0 Å². The van der Waals surface area contributed by atoms with Gasteiger partial charge in [0.25, 0.3) is 0 Å². The van der Waals surface area contributed by atoms with E-state index in [1.165, 1.54) is 5.56 Å². The number of aromatic amines is 1. The van der Waals surface area contributed by atoms with Crippen LogP contribution in [-0.2, 0) is 22.4 Å². The van der Waals surface area contributed by atoms with E-state index in [1.54, 1.807) is 0 Å². The van der Waals surface area contributed by atoms with Crippen molar-refractivity contribution in [1.82, 2.24) is 10.3 Å². The molecule has 5 heteroatoms. The normalized spacial score (nSPS) is 11.6. The minimum Gasteiger partial charge on any atom is -0.481 e. The number of carboxylic acids is 1. The van der Waals surface area contributed by atoms with Gasteiger partial charge in [0.15, 0.2) is 0 Å². The van der Waals surface area contributed by atoms with E-state index in [2.05, 4.69) is 23.3 Å². The molecule has 1 heterocycles. The third-order valence-electron chi connectivity index (χ3n) is 4.06. The molecular weight excluding hydrogens is 292 g/mol. The highest BCUT2D eigenvalue weighted by Gasteiger charge is 2.22. The number of nitrogens with one attached hydrogen (secondary N) is 2. The zero-order valence-corrected chi connectivity index (χ0v) is 13.9. The Bertz CT molecular complexity index is 716. The number of carboxylic acid groups (broad SMARTS) is 1. The highest BCUT2D eigenvalue weighted by molar-refractivity contribution is 5.90. The molecule has 1 amide bonds. The maximum atomic E-state index is 12.3. The van der Waals surface area contributed by atoms with Crippen molar-refractivity contribution < 1.29 is 14.7 Å². The molecule has 2 rings (SSSR count). The van der Waals surface area contributed by atoms with Crippen molar-refractivity contribution in [3.63, 3.8) is 0 Å².